The predicted octanol–water partition coefficient (Wildman–Crippen LogP) is 1.69. The lowest BCUT2D eigenvalue weighted by Gasteiger charge is -2.06. The summed E-state index contributed by atoms with van der Waals surface area (Å²) in [6, 6.07) is 1.85. The Bertz CT molecular complexity index is 377. The van der Waals surface area contributed by atoms with Gasteiger partial charge in [-0.05, 0) is 6.07 Å². The van der Waals surface area contributed by atoms with E-state index in [0.29, 0.717) is 0 Å². The highest BCUT2D eigenvalue weighted by Crippen LogP contribution is 2.22. The number of carbonyl (C=O) groups excluding carboxylic acids is 1. The molecule has 0 amide bonds. The van der Waals surface area contributed by atoms with Crippen molar-refractivity contribution < 1.29 is 23.0 Å². The number of ether oxygens (including phenoxy) is 2. The van der Waals surface area contributed by atoms with Crippen LogP contribution in [-0.2, 0) is 16.0 Å². The third kappa shape index (κ3) is 2.65. The van der Waals surface area contributed by atoms with E-state index in [9.17, 15) is 13.6 Å². The summed E-state index contributed by atoms with van der Waals surface area (Å²) in [6.07, 6.45) is -0.323. The van der Waals surface area contributed by atoms with Crippen LogP contribution in [0, 0.1) is 11.6 Å². The second kappa shape index (κ2) is 4.72. The molecule has 0 aliphatic carbocycles. The molecule has 0 bridgehead atoms. The second-order valence-corrected chi connectivity index (χ2v) is 2.83. The molecule has 0 aliphatic heterocycles. The van der Waals surface area contributed by atoms with Crippen molar-refractivity contribution in [3.8, 4) is 5.75 Å². The van der Waals surface area contributed by atoms with E-state index < -0.39 is 17.6 Å². The van der Waals surface area contributed by atoms with Gasteiger partial charge in [0.2, 0.25) is 0 Å². The molecule has 0 saturated heterocycles. The van der Waals surface area contributed by atoms with Gasteiger partial charge < -0.3 is 9.47 Å². The smallest absolute Gasteiger partial charge is 0.310 e. The van der Waals surface area contributed by atoms with Gasteiger partial charge in [0.15, 0.2) is 11.6 Å². The zero-order chi connectivity index (χ0) is 11.4. The van der Waals surface area contributed by atoms with Crippen LogP contribution in [0.3, 0.4) is 0 Å². The SMILES string of the molecule is COC(=O)Cc1cc(F)cc(OC)c1F. The molecule has 0 aliphatic rings. The van der Waals surface area contributed by atoms with Crippen molar-refractivity contribution >= 4 is 5.97 Å². The van der Waals surface area contributed by atoms with E-state index in [2.05, 4.69) is 9.47 Å². The van der Waals surface area contributed by atoms with Crippen LogP contribution in [0.15, 0.2) is 12.1 Å². The molecule has 1 aromatic carbocycles. The topological polar surface area (TPSA) is 35.5 Å². The van der Waals surface area contributed by atoms with Gasteiger partial charge in [-0.1, -0.05) is 0 Å². The largest absolute Gasteiger partial charge is 0.494 e. The van der Waals surface area contributed by atoms with E-state index >= 15 is 0 Å². The number of halogens is 2. The lowest BCUT2D eigenvalue weighted by atomic mass is 10.1. The van der Waals surface area contributed by atoms with Gasteiger partial charge in [0.1, 0.15) is 5.82 Å². The predicted molar refractivity (Wildman–Crippen MR) is 48.6 cm³/mol. The van der Waals surface area contributed by atoms with Gasteiger partial charge in [-0.2, -0.15) is 0 Å². The van der Waals surface area contributed by atoms with Gasteiger partial charge in [-0.3, -0.25) is 4.79 Å². The summed E-state index contributed by atoms with van der Waals surface area (Å²) < 4.78 is 35.4. The Labute approximate surface area is 85.6 Å². The van der Waals surface area contributed by atoms with Gasteiger partial charge in [0.25, 0.3) is 0 Å². The van der Waals surface area contributed by atoms with Gasteiger partial charge in [-0.15, -0.1) is 0 Å². The Kier molecular flexibility index (Phi) is 3.60. The molecule has 0 spiro atoms. The van der Waals surface area contributed by atoms with Crippen LogP contribution >= 0.6 is 0 Å². The highest BCUT2D eigenvalue weighted by atomic mass is 19.1. The van der Waals surface area contributed by atoms with Crippen molar-refractivity contribution in [3.05, 3.63) is 29.3 Å². The van der Waals surface area contributed by atoms with Gasteiger partial charge in [0.05, 0.1) is 20.6 Å². The summed E-state index contributed by atoms with van der Waals surface area (Å²) in [5.74, 6) is -2.27. The Morgan fingerprint density at radius 2 is 2.00 bits per heavy atom. The van der Waals surface area contributed by atoms with Crippen LogP contribution < -0.4 is 4.74 Å². The number of hydrogen-bond donors (Lipinski definition) is 0. The molecule has 3 nitrogen and oxygen atoms in total. The van der Waals surface area contributed by atoms with Gasteiger partial charge in [-0.25, -0.2) is 8.78 Å². The molecule has 0 saturated carbocycles. The fourth-order valence-corrected chi connectivity index (χ4v) is 1.12. The first-order valence-electron chi connectivity index (χ1n) is 4.17. The van der Waals surface area contributed by atoms with Gasteiger partial charge in [0, 0.05) is 11.6 Å². The summed E-state index contributed by atoms with van der Waals surface area (Å²) in [6.45, 7) is 0. The average molecular weight is 216 g/mol. The van der Waals surface area contributed by atoms with Crippen LogP contribution in [0.25, 0.3) is 0 Å². The summed E-state index contributed by atoms with van der Waals surface area (Å²) in [4.78, 5) is 10.9. The molecule has 1 rings (SSSR count). The van der Waals surface area contributed by atoms with E-state index in [-0.39, 0.29) is 17.7 Å². The highest BCUT2D eigenvalue weighted by molar-refractivity contribution is 5.72. The third-order valence-electron chi connectivity index (χ3n) is 1.86. The first-order valence-corrected chi connectivity index (χ1v) is 4.17. The Balaban J connectivity index is 3.06. The molecule has 0 aromatic heterocycles. The van der Waals surface area contributed by atoms with Crippen molar-refractivity contribution in [1.29, 1.82) is 0 Å². The van der Waals surface area contributed by atoms with Crippen molar-refractivity contribution in [2.45, 2.75) is 6.42 Å². The summed E-state index contributed by atoms with van der Waals surface area (Å²) in [7, 11) is 2.40. The monoisotopic (exact) mass is 216 g/mol. The summed E-state index contributed by atoms with van der Waals surface area (Å²) >= 11 is 0. The number of benzene rings is 1. The number of esters is 1. The number of hydrogen-bond acceptors (Lipinski definition) is 3. The molecular weight excluding hydrogens is 206 g/mol. The van der Waals surface area contributed by atoms with Gasteiger partial charge >= 0.3 is 5.97 Å². The van der Waals surface area contributed by atoms with E-state index in [1.807, 2.05) is 0 Å². The Morgan fingerprint density at radius 3 is 2.53 bits per heavy atom. The fourth-order valence-electron chi connectivity index (χ4n) is 1.12. The lowest BCUT2D eigenvalue weighted by molar-refractivity contribution is -0.139. The molecule has 0 atom stereocenters. The minimum absolute atomic E-state index is 0.0845. The zero-order valence-electron chi connectivity index (χ0n) is 8.34. The molecule has 0 unspecified atom stereocenters. The van der Waals surface area contributed by atoms with Crippen molar-refractivity contribution in [1.82, 2.24) is 0 Å². The third-order valence-corrected chi connectivity index (χ3v) is 1.86. The lowest BCUT2D eigenvalue weighted by Crippen LogP contribution is -2.07. The molecule has 82 valence electrons. The van der Waals surface area contributed by atoms with Crippen molar-refractivity contribution in [3.63, 3.8) is 0 Å². The van der Waals surface area contributed by atoms with Crippen molar-refractivity contribution in [2.75, 3.05) is 14.2 Å². The van der Waals surface area contributed by atoms with E-state index in [1.54, 1.807) is 0 Å². The minimum Gasteiger partial charge on any atom is -0.494 e. The molecular formula is C10H10F2O3. The van der Waals surface area contributed by atoms with Crippen LogP contribution in [0.5, 0.6) is 5.75 Å². The fraction of sp³-hybridized carbons (Fsp3) is 0.300. The van der Waals surface area contributed by atoms with E-state index in [4.69, 9.17) is 0 Å². The maximum Gasteiger partial charge on any atom is 0.310 e. The quantitative estimate of drug-likeness (QED) is 0.721. The maximum absolute atomic E-state index is 13.5. The highest BCUT2D eigenvalue weighted by Gasteiger charge is 2.14. The molecule has 0 radical (unpaired) electrons. The summed E-state index contributed by atoms with van der Waals surface area (Å²) in [5.41, 5.74) is -0.0845. The Morgan fingerprint density at radius 1 is 1.33 bits per heavy atom. The minimum atomic E-state index is -0.746. The zero-order valence-corrected chi connectivity index (χ0v) is 8.34. The molecule has 0 N–H and O–H groups in total. The number of rotatable bonds is 3. The maximum atomic E-state index is 13.5. The first kappa shape index (κ1) is 11.4. The Hall–Kier alpha value is -1.65. The average Bonchev–Trinajstić information content (AvgIpc) is 2.22. The molecule has 0 fully saturated rings. The van der Waals surface area contributed by atoms with Crippen LogP contribution in [0.4, 0.5) is 8.78 Å². The van der Waals surface area contributed by atoms with Crippen molar-refractivity contribution in [2.24, 2.45) is 0 Å². The van der Waals surface area contributed by atoms with E-state index in [1.165, 1.54) is 14.2 Å². The normalized spacial score (nSPS) is 9.87. The summed E-state index contributed by atoms with van der Waals surface area (Å²) in [5, 5.41) is 0. The second-order valence-electron chi connectivity index (χ2n) is 2.83. The first-order chi connectivity index (χ1) is 7.08. The van der Waals surface area contributed by atoms with E-state index in [0.717, 1.165) is 12.1 Å². The van der Waals surface area contributed by atoms with Crippen LogP contribution in [0.2, 0.25) is 0 Å². The van der Waals surface area contributed by atoms with Crippen LogP contribution in [-0.4, -0.2) is 20.2 Å². The molecule has 1 aromatic rings. The number of methoxy groups -OCH3 is 2. The molecule has 5 heteroatoms. The van der Waals surface area contributed by atoms with Crippen LogP contribution in [0.1, 0.15) is 5.56 Å². The number of carbonyl (C=O) groups is 1. The standard InChI is InChI=1S/C10H10F2O3/c1-14-8-5-7(11)3-6(10(8)12)4-9(13)15-2/h3,5H,4H2,1-2H3. The molecule has 15 heavy (non-hydrogen) atoms. The molecule has 0 heterocycles.